The van der Waals surface area contributed by atoms with Gasteiger partial charge in [-0.3, -0.25) is 4.79 Å². The zero-order chi connectivity index (χ0) is 22.5. The van der Waals surface area contributed by atoms with E-state index in [2.05, 4.69) is 10.3 Å². The van der Waals surface area contributed by atoms with Crippen LogP contribution in [0.2, 0.25) is 0 Å². The van der Waals surface area contributed by atoms with Gasteiger partial charge in [0.1, 0.15) is 22.9 Å². The van der Waals surface area contributed by atoms with Gasteiger partial charge in [-0.15, -0.1) is 0 Å². The Labute approximate surface area is 186 Å². The zero-order valence-corrected chi connectivity index (χ0v) is 18.2. The number of ether oxygens (including phenoxy) is 2. The van der Waals surface area contributed by atoms with Crippen LogP contribution in [0.1, 0.15) is 19.4 Å². The molecule has 6 heteroatoms. The van der Waals surface area contributed by atoms with Crippen molar-refractivity contribution in [3.63, 3.8) is 0 Å². The Morgan fingerprint density at radius 3 is 2.66 bits per heavy atom. The van der Waals surface area contributed by atoms with Crippen molar-refractivity contribution < 1.29 is 18.7 Å². The molecule has 4 rings (SSSR count). The molecule has 0 radical (unpaired) electrons. The third-order valence-corrected chi connectivity index (χ3v) is 5.07. The second kappa shape index (κ2) is 9.39. The van der Waals surface area contributed by atoms with Gasteiger partial charge in [-0.25, -0.2) is 4.98 Å². The lowest BCUT2D eigenvalue weighted by Gasteiger charge is -2.12. The number of benzene rings is 2. The minimum atomic E-state index is -0.258. The quantitative estimate of drug-likeness (QED) is 0.369. The lowest BCUT2D eigenvalue weighted by molar-refractivity contribution is -0.111. The Balaban J connectivity index is 1.72. The summed E-state index contributed by atoms with van der Waals surface area (Å²) in [5.41, 5.74) is 4.28. The van der Waals surface area contributed by atoms with Gasteiger partial charge in [0.05, 0.1) is 20.0 Å². The van der Waals surface area contributed by atoms with Crippen LogP contribution in [0, 0.1) is 0 Å². The summed E-state index contributed by atoms with van der Waals surface area (Å²) in [7, 11) is 1.64. The van der Waals surface area contributed by atoms with Crippen LogP contribution in [-0.2, 0) is 4.79 Å². The van der Waals surface area contributed by atoms with E-state index < -0.39 is 0 Å². The van der Waals surface area contributed by atoms with E-state index in [-0.39, 0.29) is 5.91 Å². The fraction of sp³-hybridized carbons (Fsp3) is 0.154. The Morgan fingerprint density at radius 2 is 1.97 bits per heavy atom. The number of pyridine rings is 1. The number of nitrogens with zero attached hydrogens (tertiary/aromatic N) is 1. The molecule has 0 spiro atoms. The highest BCUT2D eigenvalue weighted by molar-refractivity contribution is 6.05. The summed E-state index contributed by atoms with van der Waals surface area (Å²) in [5.74, 6) is 1.69. The predicted molar refractivity (Wildman–Crippen MR) is 126 cm³/mol. The SMILES string of the molecule is CCOc1cc2occ(-c3ccc(OC)cc3)c2cc1/C(C)=C/C(=O)Nc1ccccn1. The minimum absolute atomic E-state index is 0.258. The van der Waals surface area contributed by atoms with Gasteiger partial charge in [0.15, 0.2) is 0 Å². The largest absolute Gasteiger partial charge is 0.497 e. The molecule has 1 amide bonds. The summed E-state index contributed by atoms with van der Waals surface area (Å²) in [6.45, 7) is 4.30. The molecular formula is C26H24N2O4. The van der Waals surface area contributed by atoms with Gasteiger partial charge in [-0.2, -0.15) is 0 Å². The highest BCUT2D eigenvalue weighted by Crippen LogP contribution is 2.38. The molecule has 2 heterocycles. The molecule has 0 fully saturated rings. The number of methoxy groups -OCH3 is 1. The molecule has 0 aliphatic rings. The number of allylic oxidation sites excluding steroid dienone is 1. The fourth-order valence-electron chi connectivity index (χ4n) is 3.51. The molecule has 0 aliphatic carbocycles. The van der Waals surface area contributed by atoms with Crippen LogP contribution in [0.5, 0.6) is 11.5 Å². The minimum Gasteiger partial charge on any atom is -0.497 e. The summed E-state index contributed by atoms with van der Waals surface area (Å²) in [6, 6.07) is 17.0. The molecular weight excluding hydrogens is 404 g/mol. The lowest BCUT2D eigenvalue weighted by Crippen LogP contribution is -2.09. The van der Waals surface area contributed by atoms with Crippen LogP contribution in [-0.4, -0.2) is 24.6 Å². The first-order chi connectivity index (χ1) is 15.6. The standard InChI is InChI=1S/C26H24N2O4/c1-4-31-23-15-24-21(22(16-32-24)18-8-10-19(30-3)11-9-18)14-20(23)17(2)13-26(29)28-25-7-5-6-12-27-25/h5-16H,4H2,1-3H3,(H,27,28,29)/b17-13+. The Kier molecular flexibility index (Phi) is 6.22. The molecule has 162 valence electrons. The molecule has 0 atom stereocenters. The first-order valence-electron chi connectivity index (χ1n) is 10.3. The van der Waals surface area contributed by atoms with Gasteiger partial charge in [0, 0.05) is 34.9 Å². The number of nitrogens with one attached hydrogen (secondary N) is 1. The Bertz CT molecular complexity index is 1260. The molecule has 6 nitrogen and oxygen atoms in total. The molecule has 0 unspecified atom stereocenters. The van der Waals surface area contributed by atoms with Gasteiger partial charge in [0.25, 0.3) is 0 Å². The predicted octanol–water partition coefficient (Wildman–Crippen LogP) is 5.94. The second-order valence-electron chi connectivity index (χ2n) is 7.19. The smallest absolute Gasteiger partial charge is 0.249 e. The van der Waals surface area contributed by atoms with E-state index in [0.717, 1.165) is 33.4 Å². The number of fused-ring (bicyclic) bond motifs is 1. The Morgan fingerprint density at radius 1 is 1.16 bits per heavy atom. The molecule has 0 aliphatic heterocycles. The molecule has 2 aromatic heterocycles. The van der Waals surface area contributed by atoms with Gasteiger partial charge in [-0.05, 0) is 55.3 Å². The number of aromatic nitrogens is 1. The maximum atomic E-state index is 12.5. The number of hydrogen-bond acceptors (Lipinski definition) is 5. The molecule has 32 heavy (non-hydrogen) atoms. The number of rotatable bonds is 7. The Hall–Kier alpha value is -4.06. The molecule has 0 saturated heterocycles. The summed E-state index contributed by atoms with van der Waals surface area (Å²) < 4.78 is 16.9. The van der Waals surface area contributed by atoms with E-state index in [1.807, 2.05) is 56.3 Å². The molecule has 0 bridgehead atoms. The van der Waals surface area contributed by atoms with Gasteiger partial charge >= 0.3 is 0 Å². The third kappa shape index (κ3) is 4.49. The summed E-state index contributed by atoms with van der Waals surface area (Å²) >= 11 is 0. The number of anilines is 1. The van der Waals surface area contributed by atoms with E-state index in [4.69, 9.17) is 13.9 Å². The topological polar surface area (TPSA) is 73.6 Å². The first kappa shape index (κ1) is 21.2. The van der Waals surface area contributed by atoms with Crippen LogP contribution < -0.4 is 14.8 Å². The van der Waals surface area contributed by atoms with Crippen molar-refractivity contribution in [2.45, 2.75) is 13.8 Å². The van der Waals surface area contributed by atoms with Crippen molar-refractivity contribution in [1.29, 1.82) is 0 Å². The van der Waals surface area contributed by atoms with Crippen LogP contribution in [0.4, 0.5) is 5.82 Å². The van der Waals surface area contributed by atoms with Crippen LogP contribution in [0.3, 0.4) is 0 Å². The summed E-state index contributed by atoms with van der Waals surface area (Å²) in [5, 5.41) is 3.71. The number of furan rings is 1. The molecule has 2 aromatic carbocycles. The first-order valence-corrected chi connectivity index (χ1v) is 10.3. The van der Waals surface area contributed by atoms with E-state index in [0.29, 0.717) is 23.8 Å². The van der Waals surface area contributed by atoms with E-state index >= 15 is 0 Å². The number of carbonyl (C=O) groups is 1. The third-order valence-electron chi connectivity index (χ3n) is 5.07. The molecule has 4 aromatic rings. The van der Waals surface area contributed by atoms with Crippen molar-refractivity contribution in [3.05, 3.63) is 78.7 Å². The van der Waals surface area contributed by atoms with Gasteiger partial charge in [0.2, 0.25) is 5.91 Å². The molecule has 1 N–H and O–H groups in total. The van der Waals surface area contributed by atoms with E-state index in [1.54, 1.807) is 37.8 Å². The van der Waals surface area contributed by atoms with Crippen LogP contribution in [0.25, 0.3) is 27.7 Å². The summed E-state index contributed by atoms with van der Waals surface area (Å²) in [4.78, 5) is 16.7. The van der Waals surface area contributed by atoms with Crippen molar-refractivity contribution in [2.24, 2.45) is 0 Å². The summed E-state index contributed by atoms with van der Waals surface area (Å²) in [6.07, 6.45) is 4.91. The van der Waals surface area contributed by atoms with E-state index in [1.165, 1.54) is 0 Å². The average Bonchev–Trinajstić information content (AvgIpc) is 3.22. The highest BCUT2D eigenvalue weighted by atomic mass is 16.5. The van der Waals surface area contributed by atoms with Crippen LogP contribution in [0.15, 0.2) is 77.6 Å². The highest BCUT2D eigenvalue weighted by Gasteiger charge is 2.15. The van der Waals surface area contributed by atoms with E-state index in [9.17, 15) is 4.79 Å². The monoisotopic (exact) mass is 428 g/mol. The van der Waals surface area contributed by atoms with Crippen molar-refractivity contribution in [3.8, 4) is 22.6 Å². The number of amides is 1. The van der Waals surface area contributed by atoms with Crippen molar-refractivity contribution in [2.75, 3.05) is 19.0 Å². The maximum Gasteiger partial charge on any atom is 0.249 e. The van der Waals surface area contributed by atoms with Crippen LogP contribution >= 0.6 is 0 Å². The van der Waals surface area contributed by atoms with Crippen molar-refractivity contribution >= 4 is 28.3 Å². The average molecular weight is 428 g/mol. The van der Waals surface area contributed by atoms with Gasteiger partial charge in [-0.1, -0.05) is 18.2 Å². The van der Waals surface area contributed by atoms with Gasteiger partial charge < -0.3 is 19.2 Å². The normalized spacial score (nSPS) is 11.4. The molecule has 0 saturated carbocycles. The maximum absolute atomic E-state index is 12.5. The second-order valence-corrected chi connectivity index (χ2v) is 7.19. The number of carbonyl (C=O) groups excluding carboxylic acids is 1. The zero-order valence-electron chi connectivity index (χ0n) is 18.2. The fourth-order valence-corrected chi connectivity index (χ4v) is 3.51. The van der Waals surface area contributed by atoms with Crippen molar-refractivity contribution in [1.82, 2.24) is 4.98 Å². The lowest BCUT2D eigenvalue weighted by atomic mass is 9.99. The number of hydrogen-bond donors (Lipinski definition) is 1.